The van der Waals surface area contributed by atoms with Crippen LogP contribution in [0, 0.1) is 17.0 Å². The Morgan fingerprint density at radius 1 is 0.898 bits per heavy atom. The maximum Gasteiger partial charge on any atom is 0.321 e. The third-order valence-electron chi connectivity index (χ3n) is 9.34. The topological polar surface area (TPSA) is 247 Å². The second-order valence-electron chi connectivity index (χ2n) is 15.1. The maximum absolute atomic E-state index is 15.0. The fraction of sp³-hybridized carbons (Fsp3) is 0.463. The average molecular weight is 845 g/mol. The number of carbonyl (C=O) groups excluding carboxylic acids is 4. The van der Waals surface area contributed by atoms with Gasteiger partial charge >= 0.3 is 11.9 Å². The minimum Gasteiger partial charge on any atom is -0.480 e. The molecule has 322 valence electrons. The van der Waals surface area contributed by atoms with Crippen LogP contribution in [0.4, 0.5) is 8.78 Å². The molecule has 1 unspecified atom stereocenters. The van der Waals surface area contributed by atoms with E-state index in [-0.39, 0.29) is 68.8 Å². The summed E-state index contributed by atoms with van der Waals surface area (Å²) < 4.78 is 31.2. The van der Waals surface area contributed by atoms with Crippen molar-refractivity contribution in [3.05, 3.63) is 83.7 Å². The summed E-state index contributed by atoms with van der Waals surface area (Å²) >= 11 is 0.773. The highest BCUT2D eigenvalue weighted by Crippen LogP contribution is 2.41. The fourth-order valence-electron chi connectivity index (χ4n) is 6.36. The SMILES string of the molecule is CC(C)(C)[C@H](c1cc(-c2cc(F)ccc2F)cn1Cc1ccccc1)N(CC[C@H](N)C(=O)NCCC(=O)NCCCC(=O)CC(SC[C@H](N)C(=O)O)C(=O)O)C(=O)CO. The number of hydrogen-bond acceptors (Lipinski definition) is 10. The summed E-state index contributed by atoms with van der Waals surface area (Å²) in [6, 6.07) is 11.2. The van der Waals surface area contributed by atoms with Crippen molar-refractivity contribution in [1.29, 1.82) is 0 Å². The molecule has 0 aliphatic rings. The summed E-state index contributed by atoms with van der Waals surface area (Å²) in [5.74, 6) is -5.98. The number of halogens is 2. The van der Waals surface area contributed by atoms with Crippen molar-refractivity contribution in [3.63, 3.8) is 0 Å². The minimum atomic E-state index is -1.28. The van der Waals surface area contributed by atoms with Gasteiger partial charge in [0.05, 0.1) is 12.1 Å². The van der Waals surface area contributed by atoms with Crippen LogP contribution in [-0.4, -0.2) is 110 Å². The third kappa shape index (κ3) is 15.2. The number of nitrogens with one attached hydrogen (secondary N) is 2. The van der Waals surface area contributed by atoms with Gasteiger partial charge in [-0.3, -0.25) is 28.8 Å². The van der Waals surface area contributed by atoms with E-state index in [4.69, 9.17) is 16.6 Å². The van der Waals surface area contributed by atoms with E-state index < -0.39 is 76.7 Å². The number of nitrogens with zero attached hydrogens (tertiary/aromatic N) is 2. The molecule has 0 saturated carbocycles. The molecule has 0 saturated heterocycles. The summed E-state index contributed by atoms with van der Waals surface area (Å²) in [6.45, 7) is 5.16. The Kier molecular flexibility index (Phi) is 18.7. The molecule has 15 nitrogen and oxygen atoms in total. The Morgan fingerprint density at radius 3 is 2.22 bits per heavy atom. The highest BCUT2D eigenvalue weighted by molar-refractivity contribution is 8.00. The lowest BCUT2D eigenvalue weighted by Crippen LogP contribution is -2.47. The first-order chi connectivity index (χ1) is 27.8. The number of rotatable bonds is 24. The number of hydrogen-bond donors (Lipinski definition) is 7. The van der Waals surface area contributed by atoms with E-state index in [9.17, 15) is 43.4 Å². The van der Waals surface area contributed by atoms with Crippen molar-refractivity contribution in [2.75, 3.05) is 32.0 Å². The second-order valence-corrected chi connectivity index (χ2v) is 16.4. The largest absolute Gasteiger partial charge is 0.480 e. The number of amides is 3. The number of ketones is 1. The smallest absolute Gasteiger partial charge is 0.321 e. The number of nitrogens with two attached hydrogens (primary N) is 2. The zero-order valence-electron chi connectivity index (χ0n) is 33.4. The van der Waals surface area contributed by atoms with Crippen LogP contribution in [0.1, 0.15) is 70.2 Å². The monoisotopic (exact) mass is 844 g/mol. The number of thioether (sulfide) groups is 1. The van der Waals surface area contributed by atoms with Gasteiger partial charge in [-0.2, -0.15) is 0 Å². The van der Waals surface area contributed by atoms with Crippen molar-refractivity contribution < 1.29 is 52.9 Å². The summed E-state index contributed by atoms with van der Waals surface area (Å²) in [6.07, 6.45) is 1.45. The van der Waals surface area contributed by atoms with Gasteiger partial charge in [0.2, 0.25) is 17.7 Å². The van der Waals surface area contributed by atoms with Gasteiger partial charge in [-0.05, 0) is 48.1 Å². The van der Waals surface area contributed by atoms with Crippen LogP contribution in [0.2, 0.25) is 0 Å². The summed E-state index contributed by atoms with van der Waals surface area (Å²) in [7, 11) is 0. The molecule has 59 heavy (non-hydrogen) atoms. The number of carboxylic acids is 2. The lowest BCUT2D eigenvalue weighted by Gasteiger charge is -2.41. The number of carboxylic acid groups (broad SMARTS) is 2. The number of aromatic nitrogens is 1. The second kappa shape index (κ2) is 22.8. The van der Waals surface area contributed by atoms with E-state index in [0.717, 1.165) is 35.5 Å². The zero-order chi connectivity index (χ0) is 43.9. The van der Waals surface area contributed by atoms with Crippen LogP contribution in [0.3, 0.4) is 0 Å². The fourth-order valence-corrected chi connectivity index (χ4v) is 7.39. The molecular weight excluding hydrogens is 791 g/mol. The average Bonchev–Trinajstić information content (AvgIpc) is 3.58. The van der Waals surface area contributed by atoms with Crippen molar-refractivity contribution in [2.24, 2.45) is 16.9 Å². The first-order valence-corrected chi connectivity index (χ1v) is 20.1. The maximum atomic E-state index is 15.0. The Bertz CT molecular complexity index is 1920. The number of Topliss-reactive ketones (excluding diaryl/α,β-unsaturated/α-hetero) is 1. The van der Waals surface area contributed by atoms with Crippen molar-refractivity contribution >= 4 is 47.2 Å². The lowest BCUT2D eigenvalue weighted by atomic mass is 9.82. The van der Waals surface area contributed by atoms with E-state index in [1.54, 1.807) is 12.3 Å². The Hall–Kier alpha value is -5.17. The van der Waals surface area contributed by atoms with E-state index in [1.807, 2.05) is 55.7 Å². The number of aliphatic hydroxyl groups excluding tert-OH is 1. The van der Waals surface area contributed by atoms with Crippen LogP contribution in [0.15, 0.2) is 60.8 Å². The molecular formula is C41H54F2N6O9S. The molecule has 0 aliphatic carbocycles. The predicted molar refractivity (Wildman–Crippen MR) is 218 cm³/mol. The van der Waals surface area contributed by atoms with E-state index in [2.05, 4.69) is 10.6 Å². The molecule has 18 heteroatoms. The molecule has 4 atom stereocenters. The van der Waals surface area contributed by atoms with Gasteiger partial charge < -0.3 is 46.9 Å². The van der Waals surface area contributed by atoms with E-state index >= 15 is 4.39 Å². The Morgan fingerprint density at radius 2 is 1.59 bits per heavy atom. The van der Waals surface area contributed by atoms with Crippen LogP contribution in [0.25, 0.3) is 11.1 Å². The molecule has 2 aromatic carbocycles. The van der Waals surface area contributed by atoms with Gasteiger partial charge in [0.1, 0.15) is 35.3 Å². The number of benzene rings is 2. The van der Waals surface area contributed by atoms with Gasteiger partial charge in [0.15, 0.2) is 0 Å². The van der Waals surface area contributed by atoms with Crippen molar-refractivity contribution in [1.82, 2.24) is 20.1 Å². The molecule has 3 amide bonds. The third-order valence-corrected chi connectivity index (χ3v) is 10.7. The quantitative estimate of drug-likeness (QED) is 0.0644. The van der Waals surface area contributed by atoms with Crippen LogP contribution in [0.5, 0.6) is 0 Å². The van der Waals surface area contributed by atoms with Gasteiger partial charge in [-0.15, -0.1) is 11.8 Å². The molecule has 3 rings (SSSR count). The molecule has 0 spiro atoms. The predicted octanol–water partition coefficient (Wildman–Crippen LogP) is 3.07. The first kappa shape index (κ1) is 48.2. The summed E-state index contributed by atoms with van der Waals surface area (Å²) in [4.78, 5) is 74.9. The first-order valence-electron chi connectivity index (χ1n) is 19.1. The zero-order valence-corrected chi connectivity index (χ0v) is 34.2. The number of carbonyl (C=O) groups is 6. The molecule has 0 fully saturated rings. The van der Waals surface area contributed by atoms with Crippen molar-refractivity contribution in [2.45, 2.75) is 82.8 Å². The number of aliphatic carboxylic acids is 2. The minimum absolute atomic E-state index is 0.0152. The Labute approximate surface area is 345 Å². The standard InChI is InChI=1S/C41H54F2N6O9S/c1-41(2,3)37(33-18-26(29-19-27(42)11-12-30(29)43)22-48(33)21-25-8-5-4-6-9-25)49(36(53)23-50)17-14-31(44)38(54)47-16-13-35(52)46-15-7-10-28(51)20-34(40(57)58)59-24-32(45)39(55)56/h4-6,8-9,11-12,18-19,22,31-32,34,37,50H,7,10,13-17,20-21,23-24,44-45H2,1-3H3,(H,46,52)(H,47,54)(H,55,56)(H,57,58)/t31-,32-,34?,37-/m0/s1. The van der Waals surface area contributed by atoms with Gasteiger partial charge in [0.25, 0.3) is 0 Å². The molecule has 0 radical (unpaired) electrons. The van der Waals surface area contributed by atoms with Gasteiger partial charge in [-0.1, -0.05) is 51.1 Å². The van der Waals surface area contributed by atoms with E-state index in [1.165, 1.54) is 4.90 Å². The normalized spacial score (nSPS) is 13.5. The van der Waals surface area contributed by atoms with Crippen LogP contribution >= 0.6 is 11.8 Å². The number of aliphatic hydroxyl groups is 1. The molecule has 1 heterocycles. The highest BCUT2D eigenvalue weighted by atomic mass is 32.2. The Balaban J connectivity index is 1.61. The molecule has 1 aromatic heterocycles. The summed E-state index contributed by atoms with van der Waals surface area (Å²) in [5.41, 5.74) is 12.9. The van der Waals surface area contributed by atoms with E-state index in [0.29, 0.717) is 17.8 Å². The molecule has 0 bridgehead atoms. The molecule has 3 aromatic rings. The van der Waals surface area contributed by atoms with Crippen LogP contribution in [-0.2, 0) is 35.3 Å². The van der Waals surface area contributed by atoms with Crippen molar-refractivity contribution in [3.8, 4) is 11.1 Å². The lowest BCUT2D eigenvalue weighted by molar-refractivity contribution is -0.140. The van der Waals surface area contributed by atoms with Gasteiger partial charge in [0, 0.05) is 74.2 Å². The molecule has 9 N–H and O–H groups in total. The van der Waals surface area contributed by atoms with Crippen LogP contribution < -0.4 is 22.1 Å². The highest BCUT2D eigenvalue weighted by Gasteiger charge is 2.37. The summed E-state index contributed by atoms with van der Waals surface area (Å²) in [5, 5.41) is 32.4. The molecule has 0 aliphatic heterocycles. The van der Waals surface area contributed by atoms with Gasteiger partial charge in [-0.25, -0.2) is 8.78 Å².